The highest BCUT2D eigenvalue weighted by molar-refractivity contribution is 5.92. The van der Waals surface area contributed by atoms with Gasteiger partial charge in [0.2, 0.25) is 0 Å². The van der Waals surface area contributed by atoms with Crippen molar-refractivity contribution in [2.45, 2.75) is 25.8 Å². The SMILES string of the molecule is COc1cc2ncnc(N3CCC(n4nnc5ccc(C)cc5c4=O)CC3)c2cc1OC. The Morgan fingerprint density at radius 1 is 0.938 bits per heavy atom. The van der Waals surface area contributed by atoms with E-state index in [-0.39, 0.29) is 11.6 Å². The molecular formula is C23H24N6O3. The molecule has 1 saturated heterocycles. The number of ether oxygens (including phenoxy) is 2. The number of methoxy groups -OCH3 is 2. The van der Waals surface area contributed by atoms with E-state index in [0.717, 1.165) is 48.2 Å². The second kappa shape index (κ2) is 8.07. The zero-order chi connectivity index (χ0) is 22.2. The van der Waals surface area contributed by atoms with Crippen molar-refractivity contribution in [2.24, 2.45) is 0 Å². The number of hydrogen-bond donors (Lipinski definition) is 0. The summed E-state index contributed by atoms with van der Waals surface area (Å²) in [6.45, 7) is 3.45. The highest BCUT2D eigenvalue weighted by Gasteiger charge is 2.25. The molecule has 0 bridgehead atoms. The van der Waals surface area contributed by atoms with Crippen LogP contribution in [-0.2, 0) is 0 Å². The fourth-order valence-electron chi connectivity index (χ4n) is 4.35. The molecule has 4 aromatic rings. The zero-order valence-electron chi connectivity index (χ0n) is 18.3. The van der Waals surface area contributed by atoms with Crippen molar-refractivity contribution >= 4 is 27.6 Å². The molecule has 0 atom stereocenters. The molecule has 0 spiro atoms. The first-order chi connectivity index (χ1) is 15.6. The quantitative estimate of drug-likeness (QED) is 0.486. The van der Waals surface area contributed by atoms with E-state index in [1.165, 1.54) is 0 Å². The summed E-state index contributed by atoms with van der Waals surface area (Å²) in [5, 5.41) is 10.0. The Bertz CT molecular complexity index is 1360. The van der Waals surface area contributed by atoms with Gasteiger partial charge in [0, 0.05) is 24.5 Å². The predicted octanol–water partition coefficient (Wildman–Crippen LogP) is 2.90. The number of anilines is 1. The van der Waals surface area contributed by atoms with E-state index in [9.17, 15) is 4.79 Å². The Hall–Kier alpha value is -3.75. The number of fused-ring (bicyclic) bond motifs is 2. The summed E-state index contributed by atoms with van der Waals surface area (Å²) in [4.78, 5) is 24.2. The molecule has 0 amide bonds. The van der Waals surface area contributed by atoms with Crippen molar-refractivity contribution in [2.75, 3.05) is 32.2 Å². The normalized spacial score (nSPS) is 14.8. The summed E-state index contributed by atoms with van der Waals surface area (Å²) in [6, 6.07) is 9.44. The van der Waals surface area contributed by atoms with E-state index in [1.807, 2.05) is 37.3 Å². The van der Waals surface area contributed by atoms with Crippen molar-refractivity contribution in [1.29, 1.82) is 0 Å². The predicted molar refractivity (Wildman–Crippen MR) is 122 cm³/mol. The van der Waals surface area contributed by atoms with Gasteiger partial charge in [0.05, 0.1) is 31.2 Å². The van der Waals surface area contributed by atoms with Gasteiger partial charge < -0.3 is 14.4 Å². The minimum atomic E-state index is -0.0820. The van der Waals surface area contributed by atoms with Gasteiger partial charge in [0.25, 0.3) is 5.56 Å². The monoisotopic (exact) mass is 432 g/mol. The molecule has 9 heteroatoms. The number of aryl methyl sites for hydroxylation is 1. The molecular weight excluding hydrogens is 408 g/mol. The molecule has 2 aromatic heterocycles. The van der Waals surface area contributed by atoms with Gasteiger partial charge in [-0.15, -0.1) is 5.10 Å². The molecule has 1 fully saturated rings. The van der Waals surface area contributed by atoms with E-state index in [1.54, 1.807) is 25.2 Å². The molecule has 3 heterocycles. The van der Waals surface area contributed by atoms with Crippen LogP contribution in [0.5, 0.6) is 11.5 Å². The highest BCUT2D eigenvalue weighted by Crippen LogP contribution is 2.36. The lowest BCUT2D eigenvalue weighted by Crippen LogP contribution is -2.39. The second-order valence-corrected chi connectivity index (χ2v) is 8.00. The minimum absolute atomic E-state index is 0.00102. The van der Waals surface area contributed by atoms with Crippen molar-refractivity contribution in [3.8, 4) is 11.5 Å². The number of hydrogen-bond acceptors (Lipinski definition) is 8. The minimum Gasteiger partial charge on any atom is -0.493 e. The summed E-state index contributed by atoms with van der Waals surface area (Å²) in [5.41, 5.74) is 2.38. The molecule has 1 aliphatic heterocycles. The topological polar surface area (TPSA) is 95.3 Å². The summed E-state index contributed by atoms with van der Waals surface area (Å²) in [7, 11) is 3.22. The molecule has 0 N–H and O–H groups in total. The third-order valence-corrected chi connectivity index (χ3v) is 6.07. The molecule has 164 valence electrons. The fourth-order valence-corrected chi connectivity index (χ4v) is 4.35. The molecule has 0 aliphatic carbocycles. The molecule has 1 aliphatic rings. The maximum absolute atomic E-state index is 13.0. The number of benzene rings is 2. The van der Waals surface area contributed by atoms with Gasteiger partial charge in [-0.1, -0.05) is 16.8 Å². The lowest BCUT2D eigenvalue weighted by molar-refractivity contribution is 0.344. The van der Waals surface area contributed by atoms with Gasteiger partial charge in [0.15, 0.2) is 11.5 Å². The van der Waals surface area contributed by atoms with Crippen LogP contribution in [0.15, 0.2) is 41.5 Å². The van der Waals surface area contributed by atoms with Crippen LogP contribution in [0.25, 0.3) is 21.8 Å². The van der Waals surface area contributed by atoms with Gasteiger partial charge in [-0.3, -0.25) is 4.79 Å². The first kappa shape index (κ1) is 20.2. The van der Waals surface area contributed by atoms with Crippen LogP contribution in [0, 0.1) is 6.92 Å². The average Bonchev–Trinajstić information content (AvgIpc) is 2.83. The Kier molecular flexibility index (Phi) is 5.08. The number of rotatable bonds is 4. The van der Waals surface area contributed by atoms with Gasteiger partial charge in [-0.05, 0) is 38.0 Å². The number of piperidine rings is 1. The number of nitrogens with zero attached hydrogens (tertiary/aromatic N) is 6. The third kappa shape index (κ3) is 3.39. The maximum Gasteiger partial charge on any atom is 0.277 e. The molecule has 0 radical (unpaired) electrons. The van der Waals surface area contributed by atoms with Crippen molar-refractivity contribution < 1.29 is 9.47 Å². The second-order valence-electron chi connectivity index (χ2n) is 8.00. The van der Waals surface area contributed by atoms with Crippen LogP contribution in [0.2, 0.25) is 0 Å². The van der Waals surface area contributed by atoms with E-state index >= 15 is 0 Å². The zero-order valence-corrected chi connectivity index (χ0v) is 18.3. The van der Waals surface area contributed by atoms with E-state index < -0.39 is 0 Å². The van der Waals surface area contributed by atoms with E-state index in [2.05, 4.69) is 25.2 Å². The standard InChI is InChI=1S/C23H24N6O3/c1-14-4-5-18-17(10-14)23(30)29(27-26-18)15-6-8-28(9-7-15)22-16-11-20(31-2)21(32-3)12-19(16)24-13-25-22/h4-5,10-13,15H,6-9H2,1-3H3. The van der Waals surface area contributed by atoms with Crippen molar-refractivity contribution in [1.82, 2.24) is 25.0 Å². The fraction of sp³-hybridized carbons (Fsp3) is 0.348. The van der Waals surface area contributed by atoms with Crippen LogP contribution in [0.1, 0.15) is 24.4 Å². The lowest BCUT2D eigenvalue weighted by Gasteiger charge is -2.33. The molecule has 9 nitrogen and oxygen atoms in total. The number of aromatic nitrogens is 5. The average molecular weight is 432 g/mol. The Morgan fingerprint density at radius 2 is 1.69 bits per heavy atom. The van der Waals surface area contributed by atoms with Crippen molar-refractivity contribution in [3.05, 3.63) is 52.6 Å². The lowest BCUT2D eigenvalue weighted by atomic mass is 10.0. The summed E-state index contributed by atoms with van der Waals surface area (Å²) in [6.07, 6.45) is 3.10. The van der Waals surface area contributed by atoms with Crippen LogP contribution in [0.3, 0.4) is 0 Å². The van der Waals surface area contributed by atoms with Crippen LogP contribution >= 0.6 is 0 Å². The van der Waals surface area contributed by atoms with Gasteiger partial charge >= 0.3 is 0 Å². The van der Waals surface area contributed by atoms with Crippen LogP contribution in [0.4, 0.5) is 5.82 Å². The molecule has 0 unspecified atom stereocenters. The summed E-state index contributed by atoms with van der Waals surface area (Å²) < 4.78 is 12.4. The first-order valence-electron chi connectivity index (χ1n) is 10.6. The van der Waals surface area contributed by atoms with Crippen molar-refractivity contribution in [3.63, 3.8) is 0 Å². The molecule has 5 rings (SSSR count). The first-order valence-corrected chi connectivity index (χ1v) is 10.6. The molecule has 2 aromatic carbocycles. The van der Waals surface area contributed by atoms with E-state index in [0.29, 0.717) is 22.4 Å². The Balaban J connectivity index is 1.43. The van der Waals surface area contributed by atoms with E-state index in [4.69, 9.17) is 9.47 Å². The van der Waals surface area contributed by atoms with Crippen LogP contribution < -0.4 is 19.9 Å². The highest BCUT2D eigenvalue weighted by atomic mass is 16.5. The maximum atomic E-state index is 13.0. The van der Waals surface area contributed by atoms with Gasteiger partial charge in [-0.2, -0.15) is 0 Å². The smallest absolute Gasteiger partial charge is 0.277 e. The largest absolute Gasteiger partial charge is 0.493 e. The Morgan fingerprint density at radius 3 is 2.44 bits per heavy atom. The van der Waals surface area contributed by atoms with Gasteiger partial charge in [0.1, 0.15) is 17.7 Å². The van der Waals surface area contributed by atoms with Gasteiger partial charge in [-0.25, -0.2) is 14.6 Å². The summed E-state index contributed by atoms with van der Waals surface area (Å²) in [5.74, 6) is 2.12. The molecule has 32 heavy (non-hydrogen) atoms. The molecule has 0 saturated carbocycles. The Labute approximate surface area is 184 Å². The van der Waals surface area contributed by atoms with Crippen LogP contribution in [-0.4, -0.2) is 52.3 Å². The third-order valence-electron chi connectivity index (χ3n) is 6.07. The summed E-state index contributed by atoms with van der Waals surface area (Å²) >= 11 is 0.